The Bertz CT molecular complexity index is 1740. The van der Waals surface area contributed by atoms with Gasteiger partial charge >= 0.3 is 11.9 Å². The average molecular weight is 550 g/mol. The SMILES string of the molecule is COC(=O)COc1cc([C@H]2CC(=O)Oc3cc(O)c4c(=O)c(O)c(-c5ccc(O)c(O)c5)oc4c32)ccc1OC. The molecule has 4 N–H and O–H groups in total. The van der Waals surface area contributed by atoms with Crippen molar-refractivity contribution < 1.29 is 53.4 Å². The van der Waals surface area contributed by atoms with Crippen molar-refractivity contribution in [3.05, 3.63) is 63.8 Å². The normalized spacial score (nSPS) is 14.3. The Labute approximate surface area is 225 Å². The van der Waals surface area contributed by atoms with Crippen LogP contribution in [0.15, 0.2) is 51.7 Å². The minimum absolute atomic E-state index is 0.0520. The zero-order chi connectivity index (χ0) is 28.7. The largest absolute Gasteiger partial charge is 0.507 e. The molecule has 0 saturated heterocycles. The molecule has 0 unspecified atom stereocenters. The monoisotopic (exact) mass is 550 g/mol. The van der Waals surface area contributed by atoms with E-state index in [1.807, 2.05) is 0 Å². The Morgan fingerprint density at radius 2 is 1.73 bits per heavy atom. The van der Waals surface area contributed by atoms with Crippen molar-refractivity contribution in [2.45, 2.75) is 12.3 Å². The average Bonchev–Trinajstić information content (AvgIpc) is 2.94. The standard InChI is InChI=1S/C28H22O12/c1-36-18-6-4-12(8-19(18)38-11-22(33)37-2)14-9-21(32)39-20-10-17(31)24-25(34)26(35)27(40-28(24)23(14)20)13-3-5-15(29)16(30)7-13/h3-8,10,14,29-31,35H,9,11H2,1-2H3/t14-/m1/s1. The van der Waals surface area contributed by atoms with E-state index in [0.717, 1.165) is 18.2 Å². The number of carbonyl (C=O) groups is 2. The smallest absolute Gasteiger partial charge is 0.343 e. The third-order valence-electron chi connectivity index (χ3n) is 6.47. The molecule has 1 atom stereocenters. The first-order chi connectivity index (χ1) is 19.1. The van der Waals surface area contributed by atoms with E-state index in [4.69, 9.17) is 18.6 Å². The summed E-state index contributed by atoms with van der Waals surface area (Å²) in [5.41, 5.74) is -0.388. The van der Waals surface area contributed by atoms with Crippen LogP contribution in [0.4, 0.5) is 0 Å². The van der Waals surface area contributed by atoms with Crippen LogP contribution in [0.3, 0.4) is 0 Å². The van der Waals surface area contributed by atoms with Gasteiger partial charge in [0.1, 0.15) is 22.5 Å². The first-order valence-corrected chi connectivity index (χ1v) is 11.8. The van der Waals surface area contributed by atoms with Gasteiger partial charge in [0.2, 0.25) is 11.2 Å². The van der Waals surface area contributed by atoms with Crippen molar-refractivity contribution in [2.75, 3.05) is 20.8 Å². The molecular formula is C28H22O12. The molecule has 5 rings (SSSR count). The molecular weight excluding hydrogens is 528 g/mol. The fourth-order valence-electron chi connectivity index (χ4n) is 4.55. The number of esters is 2. The van der Waals surface area contributed by atoms with E-state index in [0.29, 0.717) is 11.3 Å². The van der Waals surface area contributed by atoms with E-state index < -0.39 is 52.9 Å². The Kier molecular flexibility index (Phi) is 6.59. The molecule has 0 fully saturated rings. The van der Waals surface area contributed by atoms with Gasteiger partial charge < -0.3 is 43.8 Å². The molecule has 0 spiro atoms. The zero-order valence-electron chi connectivity index (χ0n) is 21.1. The van der Waals surface area contributed by atoms with Gasteiger partial charge in [-0.2, -0.15) is 0 Å². The minimum Gasteiger partial charge on any atom is -0.507 e. The highest BCUT2D eigenvalue weighted by molar-refractivity contribution is 5.94. The van der Waals surface area contributed by atoms with Crippen LogP contribution in [-0.4, -0.2) is 53.2 Å². The Hall–Kier alpha value is -5.39. The molecule has 3 aromatic carbocycles. The second-order valence-corrected chi connectivity index (χ2v) is 8.83. The van der Waals surface area contributed by atoms with Gasteiger partial charge in [0.15, 0.2) is 35.4 Å². The van der Waals surface area contributed by atoms with E-state index in [-0.39, 0.29) is 45.8 Å². The van der Waals surface area contributed by atoms with E-state index in [1.165, 1.54) is 20.3 Å². The molecule has 1 aromatic heterocycles. The lowest BCUT2D eigenvalue weighted by molar-refractivity contribution is -0.143. The zero-order valence-corrected chi connectivity index (χ0v) is 21.1. The summed E-state index contributed by atoms with van der Waals surface area (Å²) in [7, 11) is 2.62. The van der Waals surface area contributed by atoms with Crippen LogP contribution in [0.5, 0.6) is 40.2 Å². The van der Waals surface area contributed by atoms with Crippen LogP contribution in [0.1, 0.15) is 23.5 Å². The highest BCUT2D eigenvalue weighted by atomic mass is 16.6. The van der Waals surface area contributed by atoms with Crippen molar-refractivity contribution in [1.82, 2.24) is 0 Å². The molecule has 0 saturated carbocycles. The van der Waals surface area contributed by atoms with Gasteiger partial charge in [-0.05, 0) is 35.9 Å². The first kappa shape index (κ1) is 26.2. The number of carbonyl (C=O) groups excluding carboxylic acids is 2. The Balaban J connectivity index is 1.74. The van der Waals surface area contributed by atoms with Gasteiger partial charge in [0.05, 0.1) is 20.6 Å². The van der Waals surface area contributed by atoms with Crippen LogP contribution < -0.4 is 19.6 Å². The number of phenols is 3. The number of aromatic hydroxyl groups is 4. The van der Waals surface area contributed by atoms with Gasteiger partial charge in [-0.3, -0.25) is 9.59 Å². The van der Waals surface area contributed by atoms with Crippen molar-refractivity contribution in [2.24, 2.45) is 0 Å². The summed E-state index contributed by atoms with van der Waals surface area (Å²) in [6.07, 6.45) is -0.199. The molecule has 1 aliphatic heterocycles. The number of rotatable bonds is 6. The first-order valence-electron chi connectivity index (χ1n) is 11.8. The lowest BCUT2D eigenvalue weighted by Gasteiger charge is -2.26. The van der Waals surface area contributed by atoms with Gasteiger partial charge in [-0.25, -0.2) is 4.79 Å². The maximum absolute atomic E-state index is 13.2. The van der Waals surface area contributed by atoms with Gasteiger partial charge in [0, 0.05) is 23.1 Å². The molecule has 12 heteroatoms. The van der Waals surface area contributed by atoms with Crippen LogP contribution >= 0.6 is 0 Å². The number of hydrogen-bond donors (Lipinski definition) is 4. The molecule has 0 bridgehead atoms. The summed E-state index contributed by atoms with van der Waals surface area (Å²) in [4.78, 5) is 37.5. The molecule has 0 aliphatic carbocycles. The summed E-state index contributed by atoms with van der Waals surface area (Å²) in [6, 6.07) is 9.38. The summed E-state index contributed by atoms with van der Waals surface area (Å²) in [5, 5.41) is 40.6. The summed E-state index contributed by atoms with van der Waals surface area (Å²) in [5.74, 6) is -4.41. The number of benzene rings is 3. The number of hydrogen-bond acceptors (Lipinski definition) is 12. The van der Waals surface area contributed by atoms with Gasteiger partial charge in [-0.1, -0.05) is 6.07 Å². The maximum atomic E-state index is 13.2. The number of ether oxygens (including phenoxy) is 4. The third kappa shape index (κ3) is 4.45. The van der Waals surface area contributed by atoms with Crippen LogP contribution in [0.25, 0.3) is 22.3 Å². The number of fused-ring (bicyclic) bond motifs is 3. The van der Waals surface area contributed by atoms with Crippen molar-refractivity contribution >= 4 is 22.9 Å². The molecule has 12 nitrogen and oxygen atoms in total. The fourth-order valence-corrected chi connectivity index (χ4v) is 4.55. The van der Waals surface area contributed by atoms with E-state index in [1.54, 1.807) is 18.2 Å². The summed E-state index contributed by atoms with van der Waals surface area (Å²) >= 11 is 0. The molecule has 0 amide bonds. The molecule has 0 radical (unpaired) electrons. The van der Waals surface area contributed by atoms with Crippen LogP contribution in [-0.2, 0) is 14.3 Å². The molecule has 1 aliphatic rings. The van der Waals surface area contributed by atoms with Crippen molar-refractivity contribution in [1.29, 1.82) is 0 Å². The molecule has 2 heterocycles. The molecule has 4 aromatic rings. The highest BCUT2D eigenvalue weighted by Crippen LogP contribution is 2.48. The summed E-state index contributed by atoms with van der Waals surface area (Å²) in [6.45, 7) is -0.409. The highest BCUT2D eigenvalue weighted by Gasteiger charge is 2.35. The predicted molar refractivity (Wildman–Crippen MR) is 137 cm³/mol. The van der Waals surface area contributed by atoms with Crippen LogP contribution in [0.2, 0.25) is 0 Å². The fraction of sp³-hybridized carbons (Fsp3) is 0.179. The maximum Gasteiger partial charge on any atom is 0.343 e. The predicted octanol–water partition coefficient (Wildman–Crippen LogP) is 3.28. The van der Waals surface area contributed by atoms with Crippen LogP contribution in [0, 0.1) is 0 Å². The Morgan fingerprint density at radius 1 is 0.950 bits per heavy atom. The molecule has 40 heavy (non-hydrogen) atoms. The second-order valence-electron chi connectivity index (χ2n) is 8.83. The minimum atomic E-state index is -0.975. The van der Waals surface area contributed by atoms with Gasteiger partial charge in [0.25, 0.3) is 0 Å². The van der Waals surface area contributed by atoms with Gasteiger partial charge in [-0.15, -0.1) is 0 Å². The summed E-state index contributed by atoms with van der Waals surface area (Å²) < 4.78 is 26.8. The van der Waals surface area contributed by atoms with Crippen molar-refractivity contribution in [3.63, 3.8) is 0 Å². The third-order valence-corrected chi connectivity index (χ3v) is 6.47. The number of methoxy groups -OCH3 is 2. The lowest BCUT2D eigenvalue weighted by Crippen LogP contribution is -2.22. The van der Waals surface area contributed by atoms with E-state index in [2.05, 4.69) is 4.74 Å². The van der Waals surface area contributed by atoms with E-state index in [9.17, 15) is 34.8 Å². The Morgan fingerprint density at radius 3 is 2.42 bits per heavy atom. The second kappa shape index (κ2) is 10.1. The van der Waals surface area contributed by atoms with Crippen molar-refractivity contribution in [3.8, 4) is 51.6 Å². The molecule has 206 valence electrons. The quantitative estimate of drug-likeness (QED) is 0.156. The number of phenolic OH excluding ortho intramolecular Hbond substituents is 3. The van der Waals surface area contributed by atoms with E-state index >= 15 is 0 Å². The topological polar surface area (TPSA) is 182 Å². The lowest BCUT2D eigenvalue weighted by atomic mass is 9.85.